The highest BCUT2D eigenvalue weighted by molar-refractivity contribution is 8.00. The van der Waals surface area contributed by atoms with E-state index >= 15 is 0 Å². The first-order valence-electron chi connectivity index (χ1n) is 7.83. The second-order valence-electron chi connectivity index (χ2n) is 5.45. The molecule has 2 rings (SSSR count). The predicted octanol–water partition coefficient (Wildman–Crippen LogP) is 4.26. The lowest BCUT2D eigenvalue weighted by Crippen LogP contribution is -2.32. The quantitative estimate of drug-likeness (QED) is 0.590. The lowest BCUT2D eigenvalue weighted by Gasteiger charge is -2.16. The third kappa shape index (κ3) is 5.51. The third-order valence-electron chi connectivity index (χ3n) is 3.41. The maximum absolute atomic E-state index is 12.2. The van der Waals surface area contributed by atoms with Gasteiger partial charge in [0.2, 0.25) is 0 Å². The van der Waals surface area contributed by atoms with Crippen molar-refractivity contribution in [3.8, 4) is 6.07 Å². The second-order valence-corrected chi connectivity index (χ2v) is 7.27. The number of benzene rings is 2. The molecule has 0 aromatic heterocycles. The van der Waals surface area contributed by atoms with Gasteiger partial charge in [-0.1, -0.05) is 29.8 Å². The number of esters is 1. The van der Waals surface area contributed by atoms with Crippen molar-refractivity contribution in [2.24, 2.45) is 0 Å². The fraction of sp³-hybridized carbons (Fsp3) is 0.211. The molecule has 0 radical (unpaired) electrons. The van der Waals surface area contributed by atoms with Crippen molar-refractivity contribution in [3.63, 3.8) is 0 Å². The van der Waals surface area contributed by atoms with Crippen LogP contribution in [-0.2, 0) is 14.3 Å². The largest absolute Gasteiger partial charge is 0.452 e. The van der Waals surface area contributed by atoms with E-state index in [-0.39, 0.29) is 5.02 Å². The number of ether oxygens (including phenoxy) is 1. The number of carbonyl (C=O) groups is 2. The minimum Gasteiger partial charge on any atom is -0.452 e. The summed E-state index contributed by atoms with van der Waals surface area (Å²) < 4.78 is 5.24. The van der Waals surface area contributed by atoms with E-state index in [0.717, 1.165) is 4.90 Å². The van der Waals surface area contributed by atoms with Gasteiger partial charge < -0.3 is 10.1 Å². The average molecular weight is 389 g/mol. The summed E-state index contributed by atoms with van der Waals surface area (Å²) in [5.41, 5.74) is 0.740. The number of hydrogen-bond acceptors (Lipinski definition) is 5. The van der Waals surface area contributed by atoms with Crippen LogP contribution < -0.4 is 5.32 Å². The molecule has 0 aliphatic rings. The monoisotopic (exact) mass is 388 g/mol. The molecule has 2 aromatic rings. The van der Waals surface area contributed by atoms with E-state index < -0.39 is 23.2 Å². The van der Waals surface area contributed by atoms with Crippen LogP contribution in [0.5, 0.6) is 0 Å². The zero-order valence-electron chi connectivity index (χ0n) is 14.2. The number of carbonyl (C=O) groups excluding carboxylic acids is 2. The molecule has 26 heavy (non-hydrogen) atoms. The van der Waals surface area contributed by atoms with E-state index in [0.29, 0.717) is 11.3 Å². The number of anilines is 1. The van der Waals surface area contributed by atoms with Crippen molar-refractivity contribution < 1.29 is 14.3 Å². The molecule has 0 saturated heterocycles. The molecule has 2 atom stereocenters. The number of amides is 1. The zero-order chi connectivity index (χ0) is 19.1. The molecule has 0 aliphatic heterocycles. The van der Waals surface area contributed by atoms with E-state index in [9.17, 15) is 9.59 Å². The van der Waals surface area contributed by atoms with Crippen LogP contribution >= 0.6 is 23.4 Å². The summed E-state index contributed by atoms with van der Waals surface area (Å²) in [6.45, 7) is 3.23. The molecular weight excluding hydrogens is 372 g/mol. The van der Waals surface area contributed by atoms with Crippen molar-refractivity contribution in [3.05, 3.63) is 59.1 Å². The lowest BCUT2D eigenvalue weighted by atomic mass is 10.2. The number of nitrogens with one attached hydrogen (secondary N) is 1. The van der Waals surface area contributed by atoms with Gasteiger partial charge in [0, 0.05) is 10.6 Å². The molecule has 0 bridgehead atoms. The van der Waals surface area contributed by atoms with Gasteiger partial charge in [-0.15, -0.1) is 11.8 Å². The first-order valence-corrected chi connectivity index (χ1v) is 9.09. The Balaban J connectivity index is 1.90. The molecule has 0 heterocycles. The SMILES string of the molecule is C[C@H](OC(=O)[C@H](C)Sc1ccccc1)C(=O)Nc1ccc(C#N)c(Cl)c1. The maximum atomic E-state index is 12.2. The summed E-state index contributed by atoms with van der Waals surface area (Å²) in [5.74, 6) is -0.949. The molecule has 2 aromatic carbocycles. The molecule has 5 nitrogen and oxygen atoms in total. The lowest BCUT2D eigenvalue weighted by molar-refractivity contribution is -0.152. The molecule has 0 unspecified atom stereocenters. The number of thioether (sulfide) groups is 1. The maximum Gasteiger partial charge on any atom is 0.319 e. The summed E-state index contributed by atoms with van der Waals surface area (Å²) in [6.07, 6.45) is -0.962. The Hall–Kier alpha value is -2.49. The fourth-order valence-electron chi connectivity index (χ4n) is 2.00. The Morgan fingerprint density at radius 3 is 2.50 bits per heavy atom. The van der Waals surface area contributed by atoms with E-state index in [2.05, 4.69) is 5.32 Å². The molecule has 7 heteroatoms. The summed E-state index contributed by atoms with van der Waals surface area (Å²) in [7, 11) is 0. The molecular formula is C19H17ClN2O3S. The van der Waals surface area contributed by atoms with Crippen LogP contribution in [0.3, 0.4) is 0 Å². The van der Waals surface area contributed by atoms with E-state index in [1.807, 2.05) is 36.4 Å². The highest BCUT2D eigenvalue weighted by Gasteiger charge is 2.23. The molecule has 0 fully saturated rings. The standard InChI is InChI=1S/C19H17ClN2O3S/c1-12(18(23)22-15-9-8-14(11-21)17(20)10-15)25-19(24)13(2)26-16-6-4-3-5-7-16/h3-10,12-13H,1-2H3,(H,22,23)/t12-,13-/m0/s1. The molecule has 1 N–H and O–H groups in total. The minimum absolute atomic E-state index is 0.239. The fourth-order valence-corrected chi connectivity index (χ4v) is 3.10. The van der Waals surface area contributed by atoms with Crippen molar-refractivity contribution in [1.29, 1.82) is 5.26 Å². The first kappa shape index (κ1) is 19.8. The Kier molecular flexibility index (Phi) is 7.07. The van der Waals surface area contributed by atoms with Crippen LogP contribution in [0.15, 0.2) is 53.4 Å². The first-order chi connectivity index (χ1) is 12.4. The predicted molar refractivity (Wildman–Crippen MR) is 102 cm³/mol. The summed E-state index contributed by atoms with van der Waals surface area (Å²) in [4.78, 5) is 25.3. The molecule has 0 aliphatic carbocycles. The van der Waals surface area contributed by atoms with Crippen molar-refractivity contribution in [2.75, 3.05) is 5.32 Å². The Bertz CT molecular complexity index is 836. The third-order valence-corrected chi connectivity index (χ3v) is 4.81. The highest BCUT2D eigenvalue weighted by Crippen LogP contribution is 2.24. The van der Waals surface area contributed by atoms with Gasteiger partial charge in [0.15, 0.2) is 6.10 Å². The van der Waals surface area contributed by atoms with Crippen LogP contribution in [0, 0.1) is 11.3 Å². The van der Waals surface area contributed by atoms with E-state index in [1.165, 1.54) is 30.8 Å². The molecule has 134 valence electrons. The average Bonchev–Trinajstić information content (AvgIpc) is 2.62. The van der Waals surface area contributed by atoms with Crippen LogP contribution in [0.4, 0.5) is 5.69 Å². The number of nitrogens with zero attached hydrogens (tertiary/aromatic N) is 1. The van der Waals surface area contributed by atoms with Gasteiger partial charge >= 0.3 is 5.97 Å². The minimum atomic E-state index is -0.962. The van der Waals surface area contributed by atoms with Gasteiger partial charge in [-0.05, 0) is 44.2 Å². The zero-order valence-corrected chi connectivity index (χ0v) is 15.8. The van der Waals surface area contributed by atoms with Crippen LogP contribution in [-0.4, -0.2) is 23.2 Å². The highest BCUT2D eigenvalue weighted by atomic mass is 35.5. The van der Waals surface area contributed by atoms with Crippen molar-refractivity contribution in [2.45, 2.75) is 30.1 Å². The topological polar surface area (TPSA) is 79.2 Å². The van der Waals surface area contributed by atoms with Gasteiger partial charge in [0.25, 0.3) is 5.91 Å². The molecule has 1 amide bonds. The van der Waals surface area contributed by atoms with E-state index in [1.54, 1.807) is 13.0 Å². The van der Waals surface area contributed by atoms with Crippen LogP contribution in [0.1, 0.15) is 19.4 Å². The normalized spacial score (nSPS) is 12.5. The van der Waals surface area contributed by atoms with Crippen molar-refractivity contribution >= 4 is 40.9 Å². The molecule has 0 spiro atoms. The molecule has 0 saturated carbocycles. The van der Waals surface area contributed by atoms with Crippen LogP contribution in [0.25, 0.3) is 0 Å². The van der Waals surface area contributed by atoms with Gasteiger partial charge in [0.05, 0.1) is 10.6 Å². The Morgan fingerprint density at radius 1 is 1.19 bits per heavy atom. The number of halogens is 1. The van der Waals surface area contributed by atoms with Gasteiger partial charge in [-0.3, -0.25) is 9.59 Å². The van der Waals surface area contributed by atoms with Crippen LogP contribution in [0.2, 0.25) is 5.02 Å². The van der Waals surface area contributed by atoms with Crippen molar-refractivity contribution in [1.82, 2.24) is 0 Å². The Labute approximate surface area is 161 Å². The number of rotatable bonds is 6. The summed E-state index contributed by atoms with van der Waals surface area (Å²) in [6, 6.07) is 16.0. The number of hydrogen-bond donors (Lipinski definition) is 1. The van der Waals surface area contributed by atoms with Gasteiger partial charge in [0.1, 0.15) is 11.3 Å². The van der Waals surface area contributed by atoms with E-state index in [4.69, 9.17) is 21.6 Å². The van der Waals surface area contributed by atoms with Gasteiger partial charge in [-0.2, -0.15) is 5.26 Å². The second kappa shape index (κ2) is 9.27. The van der Waals surface area contributed by atoms with Gasteiger partial charge in [-0.25, -0.2) is 0 Å². The summed E-state index contributed by atoms with van der Waals surface area (Å²) in [5, 5.41) is 11.3. The Morgan fingerprint density at radius 2 is 1.88 bits per heavy atom. The summed E-state index contributed by atoms with van der Waals surface area (Å²) >= 11 is 7.29. The number of nitriles is 1. The smallest absolute Gasteiger partial charge is 0.319 e.